The number of anilines is 1. The Morgan fingerprint density at radius 3 is 2.24 bits per heavy atom. The summed E-state index contributed by atoms with van der Waals surface area (Å²) in [6, 6.07) is 12.4. The molecule has 0 fully saturated rings. The molecule has 2 heterocycles. The predicted molar refractivity (Wildman–Crippen MR) is 137 cm³/mol. The molecule has 190 valence electrons. The zero-order valence-corrected chi connectivity index (χ0v) is 20.9. The van der Waals surface area contributed by atoms with Gasteiger partial charge in [0.1, 0.15) is 10.6 Å². The summed E-state index contributed by atoms with van der Waals surface area (Å²) < 4.78 is 5.22. The van der Waals surface area contributed by atoms with E-state index in [1.165, 1.54) is 23.5 Å². The zero-order valence-electron chi connectivity index (χ0n) is 20.1. The number of carbonyl (C=O) groups is 4. The number of hydrogen-bond donors (Lipinski definition) is 1. The fourth-order valence-corrected chi connectivity index (χ4v) is 5.24. The van der Waals surface area contributed by atoms with Crippen molar-refractivity contribution in [3.05, 3.63) is 80.2 Å². The molecule has 1 N–H and O–H groups in total. The van der Waals surface area contributed by atoms with Gasteiger partial charge < -0.3 is 10.1 Å². The van der Waals surface area contributed by atoms with Crippen molar-refractivity contribution in [1.29, 1.82) is 0 Å². The number of amides is 3. The first kappa shape index (κ1) is 25.7. The summed E-state index contributed by atoms with van der Waals surface area (Å²) >= 11 is 1.19. The SMILES string of the molecule is CCOC(=O)c1c(NC(=O)CCCN2C(=O)c3ccccc3C2=O)sc(C)c1-c1ccc([N+](=O)[O-])cc1. The zero-order chi connectivity index (χ0) is 26.7. The fraction of sp³-hybridized carbons (Fsp3) is 0.231. The van der Waals surface area contributed by atoms with Crippen LogP contribution in [0.25, 0.3) is 11.1 Å². The Morgan fingerprint density at radius 1 is 1.05 bits per heavy atom. The van der Waals surface area contributed by atoms with Crippen molar-refractivity contribution in [3.8, 4) is 11.1 Å². The van der Waals surface area contributed by atoms with E-state index in [2.05, 4.69) is 5.32 Å². The summed E-state index contributed by atoms with van der Waals surface area (Å²) in [4.78, 5) is 63.0. The third-order valence-electron chi connectivity index (χ3n) is 5.85. The van der Waals surface area contributed by atoms with Crippen LogP contribution in [0.15, 0.2) is 48.5 Å². The van der Waals surface area contributed by atoms with Crippen LogP contribution in [0.2, 0.25) is 0 Å². The van der Waals surface area contributed by atoms with Crippen molar-refractivity contribution in [2.45, 2.75) is 26.7 Å². The van der Waals surface area contributed by atoms with E-state index in [4.69, 9.17) is 4.74 Å². The number of imide groups is 1. The number of hydrogen-bond acceptors (Lipinski definition) is 8. The number of benzene rings is 2. The van der Waals surface area contributed by atoms with E-state index in [1.54, 1.807) is 50.2 Å². The van der Waals surface area contributed by atoms with E-state index >= 15 is 0 Å². The normalized spacial score (nSPS) is 12.4. The van der Waals surface area contributed by atoms with Gasteiger partial charge in [0.25, 0.3) is 17.5 Å². The number of fused-ring (bicyclic) bond motifs is 1. The molecule has 1 aromatic heterocycles. The lowest BCUT2D eigenvalue weighted by Gasteiger charge is -2.13. The Labute approximate surface area is 216 Å². The summed E-state index contributed by atoms with van der Waals surface area (Å²) in [5.41, 5.74) is 1.90. The predicted octanol–water partition coefficient (Wildman–Crippen LogP) is 4.82. The fourth-order valence-electron chi connectivity index (χ4n) is 4.16. The molecule has 1 aliphatic rings. The van der Waals surface area contributed by atoms with E-state index in [-0.39, 0.29) is 49.1 Å². The van der Waals surface area contributed by atoms with E-state index in [1.807, 2.05) is 0 Å². The highest BCUT2D eigenvalue weighted by molar-refractivity contribution is 7.17. The van der Waals surface area contributed by atoms with Crippen LogP contribution in [-0.4, -0.2) is 46.7 Å². The number of thiophene rings is 1. The molecule has 11 heteroatoms. The molecular formula is C26H23N3O7S. The maximum Gasteiger partial charge on any atom is 0.341 e. The lowest BCUT2D eigenvalue weighted by atomic mass is 10.0. The van der Waals surface area contributed by atoms with Crippen molar-refractivity contribution in [1.82, 2.24) is 4.90 Å². The number of non-ortho nitro benzene ring substituents is 1. The maximum atomic E-state index is 12.8. The van der Waals surface area contributed by atoms with E-state index in [9.17, 15) is 29.3 Å². The molecule has 4 rings (SSSR count). The monoisotopic (exact) mass is 521 g/mol. The molecule has 0 atom stereocenters. The molecule has 3 aromatic rings. The van der Waals surface area contributed by atoms with Gasteiger partial charge in [0.05, 0.1) is 22.7 Å². The van der Waals surface area contributed by atoms with Crippen LogP contribution < -0.4 is 5.32 Å². The van der Waals surface area contributed by atoms with Gasteiger partial charge in [0.2, 0.25) is 5.91 Å². The topological polar surface area (TPSA) is 136 Å². The summed E-state index contributed by atoms with van der Waals surface area (Å²) in [6.45, 7) is 3.66. The number of nitro benzene ring substituents is 1. The minimum absolute atomic E-state index is 0.0134. The van der Waals surface area contributed by atoms with Crippen LogP contribution in [-0.2, 0) is 9.53 Å². The van der Waals surface area contributed by atoms with Crippen molar-refractivity contribution < 1.29 is 28.8 Å². The van der Waals surface area contributed by atoms with Gasteiger partial charge in [0.15, 0.2) is 0 Å². The first-order chi connectivity index (χ1) is 17.7. The summed E-state index contributed by atoms with van der Waals surface area (Å²) in [7, 11) is 0. The standard InChI is InChI=1S/C26H23N3O7S/c1-3-36-26(33)22-21(16-10-12-17(13-11-16)29(34)35)15(2)37-23(22)27-20(30)9-6-14-28-24(31)18-7-4-5-8-19(18)25(28)32/h4-5,7-8,10-13H,3,6,9,14H2,1-2H3,(H,27,30). The Morgan fingerprint density at radius 2 is 1.68 bits per heavy atom. The van der Waals surface area contributed by atoms with Crippen LogP contribution in [0.3, 0.4) is 0 Å². The van der Waals surface area contributed by atoms with Gasteiger partial charge in [-0.05, 0) is 50.1 Å². The maximum absolute atomic E-state index is 12.8. The number of nitrogens with zero attached hydrogens (tertiary/aromatic N) is 2. The van der Waals surface area contributed by atoms with Crippen LogP contribution in [0.1, 0.15) is 55.7 Å². The third-order valence-corrected chi connectivity index (χ3v) is 6.87. The molecule has 0 aliphatic carbocycles. The van der Waals surface area contributed by atoms with Crippen LogP contribution in [0.5, 0.6) is 0 Å². The number of nitrogens with one attached hydrogen (secondary N) is 1. The molecule has 2 aromatic carbocycles. The highest BCUT2D eigenvalue weighted by atomic mass is 32.1. The third kappa shape index (κ3) is 5.12. The average molecular weight is 522 g/mol. The summed E-state index contributed by atoms with van der Waals surface area (Å²) in [5, 5.41) is 14.1. The molecule has 0 saturated heterocycles. The molecule has 0 bridgehead atoms. The Hall–Kier alpha value is -4.38. The molecular weight excluding hydrogens is 498 g/mol. The largest absolute Gasteiger partial charge is 0.462 e. The molecule has 3 amide bonds. The van der Waals surface area contributed by atoms with E-state index in [0.29, 0.717) is 27.3 Å². The second kappa shape index (κ2) is 10.7. The quantitative estimate of drug-likeness (QED) is 0.184. The molecule has 37 heavy (non-hydrogen) atoms. The van der Waals surface area contributed by atoms with Crippen molar-refractivity contribution >= 4 is 45.7 Å². The van der Waals surface area contributed by atoms with Crippen LogP contribution in [0.4, 0.5) is 10.7 Å². The first-order valence-electron chi connectivity index (χ1n) is 11.5. The van der Waals surface area contributed by atoms with Gasteiger partial charge in [0, 0.05) is 35.5 Å². The summed E-state index contributed by atoms with van der Waals surface area (Å²) in [6.07, 6.45) is 0.255. The second-order valence-corrected chi connectivity index (χ2v) is 9.45. The number of nitro groups is 1. The highest BCUT2D eigenvalue weighted by Gasteiger charge is 2.34. The van der Waals surface area contributed by atoms with E-state index in [0.717, 1.165) is 9.78 Å². The van der Waals surface area contributed by atoms with Crippen LogP contribution in [0, 0.1) is 17.0 Å². The molecule has 1 aliphatic heterocycles. The number of esters is 1. The van der Waals surface area contributed by atoms with Gasteiger partial charge >= 0.3 is 5.97 Å². The molecule has 0 radical (unpaired) electrons. The van der Waals surface area contributed by atoms with Gasteiger partial charge in [-0.3, -0.25) is 29.4 Å². The minimum Gasteiger partial charge on any atom is -0.462 e. The Bertz CT molecular complexity index is 1380. The Kier molecular flexibility index (Phi) is 7.44. The second-order valence-electron chi connectivity index (χ2n) is 8.22. The number of rotatable bonds is 9. The van der Waals surface area contributed by atoms with Crippen molar-refractivity contribution in [3.63, 3.8) is 0 Å². The van der Waals surface area contributed by atoms with Crippen molar-refractivity contribution in [2.24, 2.45) is 0 Å². The van der Waals surface area contributed by atoms with Crippen LogP contribution >= 0.6 is 11.3 Å². The lowest BCUT2D eigenvalue weighted by molar-refractivity contribution is -0.384. The molecule has 0 unspecified atom stereocenters. The van der Waals surface area contributed by atoms with Gasteiger partial charge in [-0.1, -0.05) is 12.1 Å². The minimum atomic E-state index is -0.624. The Balaban J connectivity index is 1.48. The van der Waals surface area contributed by atoms with E-state index < -0.39 is 16.8 Å². The first-order valence-corrected chi connectivity index (χ1v) is 12.3. The lowest BCUT2D eigenvalue weighted by Crippen LogP contribution is -2.31. The smallest absolute Gasteiger partial charge is 0.341 e. The molecule has 10 nitrogen and oxygen atoms in total. The van der Waals surface area contributed by atoms with Gasteiger partial charge in [-0.25, -0.2) is 4.79 Å². The highest BCUT2D eigenvalue weighted by Crippen LogP contribution is 2.41. The summed E-state index contributed by atoms with van der Waals surface area (Å²) in [5.74, 6) is -1.78. The number of aryl methyl sites for hydroxylation is 1. The molecule has 0 spiro atoms. The number of ether oxygens (including phenoxy) is 1. The van der Waals surface area contributed by atoms with Gasteiger partial charge in [-0.2, -0.15) is 0 Å². The van der Waals surface area contributed by atoms with Gasteiger partial charge in [-0.15, -0.1) is 11.3 Å². The van der Waals surface area contributed by atoms with Crippen molar-refractivity contribution in [2.75, 3.05) is 18.5 Å². The number of carbonyl (C=O) groups excluding carboxylic acids is 4. The average Bonchev–Trinajstić information content (AvgIpc) is 3.32. The molecule has 0 saturated carbocycles.